The van der Waals surface area contributed by atoms with Gasteiger partial charge < -0.3 is 4.74 Å². The van der Waals surface area contributed by atoms with Crippen molar-refractivity contribution in [3.63, 3.8) is 0 Å². The van der Waals surface area contributed by atoms with Crippen molar-refractivity contribution < 1.29 is 9.53 Å². The van der Waals surface area contributed by atoms with E-state index in [-0.39, 0.29) is 0 Å². The van der Waals surface area contributed by atoms with E-state index in [0.29, 0.717) is 0 Å². The molecule has 0 fully saturated rings. The molecule has 17 heavy (non-hydrogen) atoms. The number of ether oxygens (including phenoxy) is 1. The zero-order valence-corrected chi connectivity index (χ0v) is 12.2. The van der Waals surface area contributed by atoms with Gasteiger partial charge in [-0.1, -0.05) is 13.0 Å². The van der Waals surface area contributed by atoms with Gasteiger partial charge in [-0.15, -0.1) is 0 Å². The molecule has 94 valence electrons. The van der Waals surface area contributed by atoms with E-state index in [1.54, 1.807) is 0 Å². The van der Waals surface area contributed by atoms with Gasteiger partial charge in [-0.3, -0.25) is 5.32 Å². The molecule has 0 aliphatic heterocycles. The van der Waals surface area contributed by atoms with Gasteiger partial charge in [0.2, 0.25) is 0 Å². The van der Waals surface area contributed by atoms with Gasteiger partial charge in [0.05, 0.1) is 5.69 Å². The molecule has 1 aromatic carbocycles. The van der Waals surface area contributed by atoms with Crippen LogP contribution in [-0.4, -0.2) is 11.7 Å². The third-order valence-electron chi connectivity index (χ3n) is 2.08. The molecule has 0 saturated carbocycles. The van der Waals surface area contributed by atoms with Crippen LogP contribution in [0.1, 0.15) is 33.3 Å². The molecule has 1 amide bonds. The van der Waals surface area contributed by atoms with Gasteiger partial charge in [0.25, 0.3) is 0 Å². The number of halogens is 1. The number of carbonyl (C=O) groups excluding carboxylic acids is 1. The molecular weight excluding hydrogens is 282 g/mol. The molecule has 0 atom stereocenters. The Kier molecular flexibility index (Phi) is 4.57. The summed E-state index contributed by atoms with van der Waals surface area (Å²) < 4.78 is 6.05. The number of benzene rings is 1. The minimum atomic E-state index is -0.486. The highest BCUT2D eigenvalue weighted by atomic mass is 79.9. The molecule has 0 unspecified atom stereocenters. The van der Waals surface area contributed by atoms with Crippen LogP contribution in [0.4, 0.5) is 10.5 Å². The normalized spacial score (nSPS) is 11.1. The Morgan fingerprint density at radius 1 is 1.41 bits per heavy atom. The van der Waals surface area contributed by atoms with Crippen LogP contribution in [0.25, 0.3) is 0 Å². The number of hydrogen-bond acceptors (Lipinski definition) is 2. The molecular formula is C13H18BrNO2. The summed E-state index contributed by atoms with van der Waals surface area (Å²) in [6, 6.07) is 5.84. The zero-order chi connectivity index (χ0) is 13.1. The standard InChI is InChI=1S/C13H18BrNO2/c1-5-9-6-7-11(10(14)8-9)15-12(16)17-13(2,3)4/h6-8H,5H2,1-4H3,(H,15,16). The zero-order valence-electron chi connectivity index (χ0n) is 10.6. The molecule has 0 aromatic heterocycles. The van der Waals surface area contributed by atoms with E-state index < -0.39 is 11.7 Å². The van der Waals surface area contributed by atoms with E-state index >= 15 is 0 Å². The van der Waals surface area contributed by atoms with Crippen molar-refractivity contribution in [2.24, 2.45) is 0 Å². The minimum absolute atomic E-state index is 0.442. The lowest BCUT2D eigenvalue weighted by Gasteiger charge is -2.20. The Morgan fingerprint density at radius 2 is 2.06 bits per heavy atom. The lowest BCUT2D eigenvalue weighted by molar-refractivity contribution is 0.0636. The van der Waals surface area contributed by atoms with Gasteiger partial charge in [-0.25, -0.2) is 4.79 Å². The first-order valence-corrected chi connectivity index (χ1v) is 6.39. The van der Waals surface area contributed by atoms with E-state index in [9.17, 15) is 4.79 Å². The van der Waals surface area contributed by atoms with Crippen LogP contribution in [-0.2, 0) is 11.2 Å². The second-order valence-corrected chi connectivity index (χ2v) is 5.65. The summed E-state index contributed by atoms with van der Waals surface area (Å²) in [4.78, 5) is 11.6. The smallest absolute Gasteiger partial charge is 0.412 e. The van der Waals surface area contributed by atoms with Crippen molar-refractivity contribution in [3.8, 4) is 0 Å². The maximum absolute atomic E-state index is 11.6. The van der Waals surface area contributed by atoms with Crippen LogP contribution in [0, 0.1) is 0 Å². The highest BCUT2D eigenvalue weighted by molar-refractivity contribution is 9.10. The second kappa shape index (κ2) is 5.54. The molecule has 0 aliphatic carbocycles. The number of rotatable bonds is 2. The van der Waals surface area contributed by atoms with Crippen LogP contribution < -0.4 is 5.32 Å². The van der Waals surface area contributed by atoms with Gasteiger partial charge in [0.1, 0.15) is 5.60 Å². The van der Waals surface area contributed by atoms with Gasteiger partial charge >= 0.3 is 6.09 Å². The Balaban J connectivity index is 2.72. The summed E-state index contributed by atoms with van der Waals surface area (Å²) in [5.74, 6) is 0. The van der Waals surface area contributed by atoms with E-state index in [2.05, 4.69) is 28.2 Å². The quantitative estimate of drug-likeness (QED) is 0.881. The first kappa shape index (κ1) is 14.0. The molecule has 0 aliphatic rings. The van der Waals surface area contributed by atoms with Crippen molar-refractivity contribution in [1.82, 2.24) is 0 Å². The first-order chi connectivity index (χ1) is 7.81. The van der Waals surface area contributed by atoms with Crippen molar-refractivity contribution in [1.29, 1.82) is 0 Å². The fourth-order valence-electron chi connectivity index (χ4n) is 1.29. The lowest BCUT2D eigenvalue weighted by Crippen LogP contribution is -2.27. The molecule has 0 radical (unpaired) electrons. The maximum Gasteiger partial charge on any atom is 0.412 e. The number of aryl methyl sites for hydroxylation is 1. The number of hydrogen-bond donors (Lipinski definition) is 1. The van der Waals surface area contributed by atoms with Gasteiger partial charge in [0.15, 0.2) is 0 Å². The van der Waals surface area contributed by atoms with E-state index in [1.165, 1.54) is 5.56 Å². The molecule has 0 heterocycles. The summed E-state index contributed by atoms with van der Waals surface area (Å²) in [7, 11) is 0. The number of amides is 1. The predicted molar refractivity (Wildman–Crippen MR) is 73.4 cm³/mol. The Hall–Kier alpha value is -1.03. The van der Waals surface area contributed by atoms with Gasteiger partial charge in [-0.2, -0.15) is 0 Å². The summed E-state index contributed by atoms with van der Waals surface area (Å²) in [6.07, 6.45) is 0.521. The van der Waals surface area contributed by atoms with E-state index in [0.717, 1.165) is 16.6 Å². The van der Waals surface area contributed by atoms with Crippen LogP contribution in [0.3, 0.4) is 0 Å². The van der Waals surface area contributed by atoms with Crippen molar-refractivity contribution in [2.45, 2.75) is 39.7 Å². The molecule has 0 spiro atoms. The Bertz CT molecular complexity index is 410. The molecule has 1 N–H and O–H groups in total. The molecule has 1 aromatic rings. The van der Waals surface area contributed by atoms with Crippen LogP contribution in [0.5, 0.6) is 0 Å². The summed E-state index contributed by atoms with van der Waals surface area (Å²) in [6.45, 7) is 7.59. The first-order valence-electron chi connectivity index (χ1n) is 5.60. The van der Waals surface area contributed by atoms with Crippen LogP contribution >= 0.6 is 15.9 Å². The topological polar surface area (TPSA) is 38.3 Å². The molecule has 4 heteroatoms. The summed E-state index contributed by atoms with van der Waals surface area (Å²) in [5, 5.41) is 2.71. The highest BCUT2D eigenvalue weighted by Gasteiger charge is 2.16. The Labute approximate surface area is 111 Å². The average Bonchev–Trinajstić information content (AvgIpc) is 2.18. The van der Waals surface area contributed by atoms with Crippen molar-refractivity contribution >= 4 is 27.7 Å². The molecule has 0 saturated heterocycles. The third-order valence-corrected chi connectivity index (χ3v) is 2.73. The highest BCUT2D eigenvalue weighted by Crippen LogP contribution is 2.24. The number of anilines is 1. The predicted octanol–water partition coefficient (Wildman–Crippen LogP) is 4.36. The van der Waals surface area contributed by atoms with Crippen molar-refractivity contribution in [2.75, 3.05) is 5.32 Å². The fraction of sp³-hybridized carbons (Fsp3) is 0.462. The van der Waals surface area contributed by atoms with Gasteiger partial charge in [0, 0.05) is 4.47 Å². The Morgan fingerprint density at radius 3 is 2.53 bits per heavy atom. The number of carbonyl (C=O) groups is 1. The third kappa shape index (κ3) is 4.77. The second-order valence-electron chi connectivity index (χ2n) is 4.79. The minimum Gasteiger partial charge on any atom is -0.444 e. The SMILES string of the molecule is CCc1ccc(NC(=O)OC(C)(C)C)c(Br)c1. The van der Waals surface area contributed by atoms with Gasteiger partial charge in [-0.05, 0) is 60.8 Å². The molecule has 3 nitrogen and oxygen atoms in total. The summed E-state index contributed by atoms with van der Waals surface area (Å²) >= 11 is 3.43. The largest absolute Gasteiger partial charge is 0.444 e. The van der Waals surface area contributed by atoms with E-state index in [4.69, 9.17) is 4.74 Å². The summed E-state index contributed by atoms with van der Waals surface area (Å²) in [5.41, 5.74) is 1.45. The van der Waals surface area contributed by atoms with Crippen LogP contribution in [0.15, 0.2) is 22.7 Å². The fourth-order valence-corrected chi connectivity index (χ4v) is 1.82. The van der Waals surface area contributed by atoms with Crippen molar-refractivity contribution in [3.05, 3.63) is 28.2 Å². The van der Waals surface area contributed by atoms with Crippen LogP contribution in [0.2, 0.25) is 0 Å². The lowest BCUT2D eigenvalue weighted by atomic mass is 10.1. The molecule has 0 bridgehead atoms. The monoisotopic (exact) mass is 299 g/mol. The van der Waals surface area contributed by atoms with E-state index in [1.807, 2.05) is 39.0 Å². The molecule has 1 rings (SSSR count). The maximum atomic E-state index is 11.6. The average molecular weight is 300 g/mol. The number of nitrogens with one attached hydrogen (secondary N) is 1.